The van der Waals surface area contributed by atoms with Crippen molar-refractivity contribution in [3.05, 3.63) is 70.4 Å². The van der Waals surface area contributed by atoms with E-state index in [1.165, 1.54) is 5.56 Å². The second-order valence-corrected chi connectivity index (χ2v) is 5.41. The van der Waals surface area contributed by atoms with Gasteiger partial charge in [-0.15, -0.1) is 17.9 Å². The normalized spacial score (nSPS) is 13.7. The molecule has 0 amide bonds. The molecular formula is C16H16O2S. The summed E-state index contributed by atoms with van der Waals surface area (Å²) in [7, 11) is 0. The Hall–Kier alpha value is -1.87. The standard InChI is InChI=1S/C16H16O2S/c1-3-14(12-7-5-4-6-8-12)15-9-13(10-19-15)11(2)16(17)18/h3-11,14H,1H2,2H3,(H,17,18). The van der Waals surface area contributed by atoms with Gasteiger partial charge < -0.3 is 5.11 Å². The van der Waals surface area contributed by atoms with E-state index in [2.05, 4.69) is 18.7 Å². The maximum Gasteiger partial charge on any atom is 0.310 e. The molecule has 0 saturated carbocycles. The van der Waals surface area contributed by atoms with Crippen molar-refractivity contribution in [3.63, 3.8) is 0 Å². The topological polar surface area (TPSA) is 37.3 Å². The van der Waals surface area contributed by atoms with Crippen molar-refractivity contribution in [2.24, 2.45) is 0 Å². The van der Waals surface area contributed by atoms with E-state index in [-0.39, 0.29) is 5.92 Å². The molecular weight excluding hydrogens is 256 g/mol. The third kappa shape index (κ3) is 2.93. The Morgan fingerprint density at radius 1 is 1.32 bits per heavy atom. The van der Waals surface area contributed by atoms with Crippen LogP contribution in [0.1, 0.15) is 34.8 Å². The minimum Gasteiger partial charge on any atom is -0.481 e. The van der Waals surface area contributed by atoms with Crippen molar-refractivity contribution in [1.29, 1.82) is 0 Å². The van der Waals surface area contributed by atoms with E-state index in [1.807, 2.05) is 35.7 Å². The highest BCUT2D eigenvalue weighted by molar-refractivity contribution is 7.10. The highest BCUT2D eigenvalue weighted by Gasteiger charge is 2.18. The van der Waals surface area contributed by atoms with Crippen molar-refractivity contribution >= 4 is 17.3 Å². The molecule has 0 bridgehead atoms. The van der Waals surface area contributed by atoms with Gasteiger partial charge >= 0.3 is 5.97 Å². The van der Waals surface area contributed by atoms with Crippen LogP contribution < -0.4 is 0 Å². The Bertz CT molecular complexity index is 571. The number of thiophene rings is 1. The summed E-state index contributed by atoms with van der Waals surface area (Å²) < 4.78 is 0. The van der Waals surface area contributed by atoms with Crippen LogP contribution in [0, 0.1) is 0 Å². The summed E-state index contributed by atoms with van der Waals surface area (Å²) in [5, 5.41) is 11.0. The van der Waals surface area contributed by atoms with E-state index in [0.717, 1.165) is 10.4 Å². The number of hydrogen-bond acceptors (Lipinski definition) is 2. The van der Waals surface area contributed by atoms with Gasteiger partial charge in [-0.2, -0.15) is 0 Å². The van der Waals surface area contributed by atoms with Crippen LogP contribution in [0.4, 0.5) is 0 Å². The molecule has 2 unspecified atom stereocenters. The van der Waals surface area contributed by atoms with Crippen molar-refractivity contribution in [2.45, 2.75) is 18.8 Å². The number of allylic oxidation sites excluding steroid dienone is 1. The lowest BCUT2D eigenvalue weighted by molar-refractivity contribution is -0.138. The molecule has 1 N–H and O–H groups in total. The fourth-order valence-electron chi connectivity index (χ4n) is 1.98. The minimum atomic E-state index is -0.792. The molecule has 0 aliphatic rings. The molecule has 0 aliphatic carbocycles. The molecule has 2 rings (SSSR count). The predicted octanol–water partition coefficient (Wildman–Crippen LogP) is 4.25. The van der Waals surface area contributed by atoms with Gasteiger partial charge in [-0.25, -0.2) is 0 Å². The van der Waals surface area contributed by atoms with Gasteiger partial charge in [0.2, 0.25) is 0 Å². The average molecular weight is 272 g/mol. The van der Waals surface area contributed by atoms with Crippen LogP contribution in [0.3, 0.4) is 0 Å². The van der Waals surface area contributed by atoms with Crippen molar-refractivity contribution < 1.29 is 9.90 Å². The zero-order chi connectivity index (χ0) is 13.8. The lowest BCUT2D eigenvalue weighted by Gasteiger charge is -2.10. The number of carboxylic acids is 1. The van der Waals surface area contributed by atoms with E-state index in [9.17, 15) is 4.79 Å². The Balaban J connectivity index is 2.31. The molecule has 0 fully saturated rings. The van der Waals surface area contributed by atoms with E-state index in [1.54, 1.807) is 18.3 Å². The quantitative estimate of drug-likeness (QED) is 0.826. The lowest BCUT2D eigenvalue weighted by atomic mass is 9.96. The molecule has 0 radical (unpaired) electrons. The summed E-state index contributed by atoms with van der Waals surface area (Å²) >= 11 is 1.59. The SMILES string of the molecule is C=CC(c1ccccc1)c1cc(C(C)C(=O)O)cs1. The molecule has 0 saturated heterocycles. The van der Waals surface area contributed by atoms with Crippen LogP contribution in [-0.2, 0) is 4.79 Å². The Morgan fingerprint density at radius 2 is 2.00 bits per heavy atom. The van der Waals surface area contributed by atoms with Crippen LogP contribution in [-0.4, -0.2) is 11.1 Å². The summed E-state index contributed by atoms with van der Waals surface area (Å²) in [6.07, 6.45) is 1.90. The summed E-state index contributed by atoms with van der Waals surface area (Å²) in [6, 6.07) is 12.1. The fourth-order valence-corrected chi connectivity index (χ4v) is 3.11. The number of hydrogen-bond donors (Lipinski definition) is 1. The zero-order valence-corrected chi connectivity index (χ0v) is 11.6. The van der Waals surface area contributed by atoms with Gasteiger partial charge in [-0.3, -0.25) is 4.79 Å². The number of aliphatic carboxylic acids is 1. The first kappa shape index (κ1) is 13.6. The smallest absolute Gasteiger partial charge is 0.310 e. The largest absolute Gasteiger partial charge is 0.481 e. The Labute approximate surface area is 117 Å². The Kier molecular flexibility index (Phi) is 4.17. The second kappa shape index (κ2) is 5.85. The van der Waals surface area contributed by atoms with E-state index in [0.29, 0.717) is 0 Å². The predicted molar refractivity (Wildman–Crippen MR) is 78.9 cm³/mol. The molecule has 1 aromatic heterocycles. The minimum absolute atomic E-state index is 0.126. The summed E-state index contributed by atoms with van der Waals surface area (Å²) in [5.74, 6) is -1.13. The third-order valence-corrected chi connectivity index (χ3v) is 4.25. The number of rotatable bonds is 5. The first-order valence-corrected chi connectivity index (χ1v) is 7.00. The van der Waals surface area contributed by atoms with Crippen LogP contribution in [0.25, 0.3) is 0 Å². The first-order chi connectivity index (χ1) is 9.13. The molecule has 0 aliphatic heterocycles. The lowest BCUT2D eigenvalue weighted by Crippen LogP contribution is -2.06. The van der Waals surface area contributed by atoms with Crippen LogP contribution in [0.2, 0.25) is 0 Å². The van der Waals surface area contributed by atoms with Gasteiger partial charge in [0, 0.05) is 10.8 Å². The Morgan fingerprint density at radius 3 is 2.58 bits per heavy atom. The van der Waals surface area contributed by atoms with Crippen LogP contribution >= 0.6 is 11.3 Å². The molecule has 19 heavy (non-hydrogen) atoms. The highest BCUT2D eigenvalue weighted by Crippen LogP contribution is 2.33. The second-order valence-electron chi connectivity index (χ2n) is 4.47. The molecule has 2 nitrogen and oxygen atoms in total. The first-order valence-electron chi connectivity index (χ1n) is 6.12. The summed E-state index contributed by atoms with van der Waals surface area (Å²) in [4.78, 5) is 12.1. The average Bonchev–Trinajstić information content (AvgIpc) is 2.89. The number of carboxylic acid groups (broad SMARTS) is 1. The fraction of sp³-hybridized carbons (Fsp3) is 0.188. The molecule has 3 heteroatoms. The monoisotopic (exact) mass is 272 g/mol. The molecule has 0 spiro atoms. The highest BCUT2D eigenvalue weighted by atomic mass is 32.1. The molecule has 98 valence electrons. The maximum atomic E-state index is 11.0. The van der Waals surface area contributed by atoms with E-state index in [4.69, 9.17) is 5.11 Å². The van der Waals surface area contributed by atoms with Gasteiger partial charge in [0.25, 0.3) is 0 Å². The number of carbonyl (C=O) groups is 1. The van der Waals surface area contributed by atoms with Crippen LogP contribution in [0.15, 0.2) is 54.4 Å². The third-order valence-electron chi connectivity index (χ3n) is 3.21. The van der Waals surface area contributed by atoms with E-state index >= 15 is 0 Å². The summed E-state index contributed by atoms with van der Waals surface area (Å²) in [6.45, 7) is 5.60. The molecule has 2 aromatic rings. The van der Waals surface area contributed by atoms with Gasteiger partial charge in [-0.05, 0) is 29.5 Å². The zero-order valence-electron chi connectivity index (χ0n) is 10.7. The van der Waals surface area contributed by atoms with Gasteiger partial charge in [0.05, 0.1) is 5.92 Å². The molecule has 1 aromatic carbocycles. The van der Waals surface area contributed by atoms with Gasteiger partial charge in [0.1, 0.15) is 0 Å². The van der Waals surface area contributed by atoms with E-state index < -0.39 is 11.9 Å². The molecule has 2 atom stereocenters. The van der Waals surface area contributed by atoms with Gasteiger partial charge in [-0.1, -0.05) is 36.4 Å². The molecule has 1 heterocycles. The van der Waals surface area contributed by atoms with Crippen molar-refractivity contribution in [3.8, 4) is 0 Å². The van der Waals surface area contributed by atoms with Gasteiger partial charge in [0.15, 0.2) is 0 Å². The van der Waals surface area contributed by atoms with Crippen molar-refractivity contribution in [2.75, 3.05) is 0 Å². The maximum absolute atomic E-state index is 11.0. The summed E-state index contributed by atoms with van der Waals surface area (Å²) in [5.41, 5.74) is 2.03. The van der Waals surface area contributed by atoms with Crippen LogP contribution in [0.5, 0.6) is 0 Å². The number of benzene rings is 1. The van der Waals surface area contributed by atoms with Crippen molar-refractivity contribution in [1.82, 2.24) is 0 Å².